The Balaban J connectivity index is 1.39. The van der Waals surface area contributed by atoms with Gasteiger partial charge in [0.05, 0.1) is 0 Å². The number of nitrogens with one attached hydrogen (secondary N) is 3. The molecule has 4 aromatic carbocycles. The van der Waals surface area contributed by atoms with Gasteiger partial charge in [0, 0.05) is 23.7 Å². The first-order chi connectivity index (χ1) is 19.1. The normalized spacial score (nSPS) is 11.5. The lowest BCUT2D eigenvalue weighted by atomic mass is 9.98. The standard InChI is InChI=1S/C33H34ClN3O2/c34-30-19-10-7-16-27(30)24-35-22-11-20-31(33(39)36-23-21-25-12-3-1-4-13-25)37-32(38)29-18-9-8-17-28(29)26-14-5-2-6-15-26/h1-10,12-19,31,35H,11,20-24H2,(H,36,39)(H,37,38)/t31-/m0/s1. The van der Waals surface area contributed by atoms with Crippen molar-refractivity contribution >= 4 is 23.4 Å². The van der Waals surface area contributed by atoms with E-state index in [-0.39, 0.29) is 11.8 Å². The first kappa shape index (κ1) is 28.1. The predicted molar refractivity (Wildman–Crippen MR) is 159 cm³/mol. The Labute approximate surface area is 235 Å². The van der Waals surface area contributed by atoms with Crippen LogP contribution in [0.2, 0.25) is 5.02 Å². The molecule has 5 nitrogen and oxygen atoms in total. The summed E-state index contributed by atoms with van der Waals surface area (Å²) in [5, 5.41) is 10.1. The molecule has 1 atom stereocenters. The maximum atomic E-state index is 13.4. The van der Waals surface area contributed by atoms with E-state index in [1.807, 2.05) is 103 Å². The van der Waals surface area contributed by atoms with E-state index >= 15 is 0 Å². The Bertz CT molecular complexity index is 1350. The van der Waals surface area contributed by atoms with E-state index in [0.29, 0.717) is 38.0 Å². The molecule has 0 unspecified atom stereocenters. The van der Waals surface area contributed by atoms with Gasteiger partial charge >= 0.3 is 0 Å². The van der Waals surface area contributed by atoms with Crippen molar-refractivity contribution in [1.29, 1.82) is 0 Å². The lowest BCUT2D eigenvalue weighted by Crippen LogP contribution is -2.47. The third-order valence-electron chi connectivity index (χ3n) is 6.55. The van der Waals surface area contributed by atoms with Gasteiger partial charge in [0.2, 0.25) is 5.91 Å². The van der Waals surface area contributed by atoms with Gasteiger partial charge in [0.15, 0.2) is 0 Å². The molecule has 0 saturated heterocycles. The fourth-order valence-corrected chi connectivity index (χ4v) is 4.65. The minimum Gasteiger partial charge on any atom is -0.354 e. The van der Waals surface area contributed by atoms with E-state index in [0.717, 1.165) is 33.7 Å². The van der Waals surface area contributed by atoms with Gasteiger partial charge in [-0.1, -0.05) is 109 Å². The molecule has 2 amide bonds. The van der Waals surface area contributed by atoms with Crippen LogP contribution >= 0.6 is 11.6 Å². The number of carbonyl (C=O) groups excluding carboxylic acids is 2. The minimum absolute atomic E-state index is 0.178. The summed E-state index contributed by atoms with van der Waals surface area (Å²) in [5.74, 6) is -0.440. The highest BCUT2D eigenvalue weighted by molar-refractivity contribution is 6.31. The number of halogens is 1. The number of carbonyl (C=O) groups is 2. The van der Waals surface area contributed by atoms with Crippen LogP contribution < -0.4 is 16.0 Å². The second-order valence-electron chi connectivity index (χ2n) is 9.37. The van der Waals surface area contributed by atoms with Gasteiger partial charge in [-0.2, -0.15) is 0 Å². The number of benzene rings is 4. The van der Waals surface area contributed by atoms with Crippen LogP contribution in [0.5, 0.6) is 0 Å². The summed E-state index contributed by atoms with van der Waals surface area (Å²) in [6.45, 7) is 1.83. The van der Waals surface area contributed by atoms with Gasteiger partial charge in [0.1, 0.15) is 6.04 Å². The molecule has 0 saturated carbocycles. The van der Waals surface area contributed by atoms with Crippen molar-refractivity contribution < 1.29 is 9.59 Å². The lowest BCUT2D eigenvalue weighted by Gasteiger charge is -2.20. The maximum absolute atomic E-state index is 13.4. The van der Waals surface area contributed by atoms with Crippen LogP contribution in [0.25, 0.3) is 11.1 Å². The lowest BCUT2D eigenvalue weighted by molar-refractivity contribution is -0.123. The molecular weight excluding hydrogens is 506 g/mol. The molecule has 0 spiro atoms. The van der Waals surface area contributed by atoms with Crippen molar-refractivity contribution in [3.05, 3.63) is 131 Å². The van der Waals surface area contributed by atoms with Crippen LogP contribution in [0, 0.1) is 0 Å². The van der Waals surface area contributed by atoms with Crippen molar-refractivity contribution in [3.8, 4) is 11.1 Å². The number of hydrogen-bond donors (Lipinski definition) is 3. The summed E-state index contributed by atoms with van der Waals surface area (Å²) in [7, 11) is 0. The summed E-state index contributed by atoms with van der Waals surface area (Å²) >= 11 is 6.25. The first-order valence-electron chi connectivity index (χ1n) is 13.3. The van der Waals surface area contributed by atoms with E-state index in [2.05, 4.69) is 16.0 Å². The van der Waals surface area contributed by atoms with Crippen LogP contribution in [-0.2, 0) is 17.8 Å². The third-order valence-corrected chi connectivity index (χ3v) is 6.92. The van der Waals surface area contributed by atoms with Crippen molar-refractivity contribution in [2.75, 3.05) is 13.1 Å². The Morgan fingerprint density at radius 3 is 2.18 bits per heavy atom. The highest BCUT2D eigenvalue weighted by atomic mass is 35.5. The average Bonchev–Trinajstić information content (AvgIpc) is 2.98. The molecule has 0 aliphatic heterocycles. The van der Waals surface area contributed by atoms with E-state index in [4.69, 9.17) is 11.6 Å². The van der Waals surface area contributed by atoms with Crippen molar-refractivity contribution in [1.82, 2.24) is 16.0 Å². The summed E-state index contributed by atoms with van der Waals surface area (Å²) in [4.78, 5) is 26.7. The molecule has 200 valence electrons. The van der Waals surface area contributed by atoms with E-state index in [1.165, 1.54) is 0 Å². The van der Waals surface area contributed by atoms with E-state index in [9.17, 15) is 9.59 Å². The molecule has 0 aromatic heterocycles. The molecule has 0 radical (unpaired) electrons. The quantitative estimate of drug-likeness (QED) is 0.182. The molecule has 0 aliphatic rings. The van der Waals surface area contributed by atoms with Crippen LogP contribution in [0.4, 0.5) is 0 Å². The number of amides is 2. The van der Waals surface area contributed by atoms with Gasteiger partial charge in [-0.25, -0.2) is 0 Å². The molecule has 0 heterocycles. The Morgan fingerprint density at radius 2 is 1.41 bits per heavy atom. The summed E-state index contributed by atoms with van der Waals surface area (Å²) in [6, 6.07) is 34.4. The van der Waals surface area contributed by atoms with E-state index in [1.54, 1.807) is 6.07 Å². The second kappa shape index (κ2) is 14.9. The summed E-state index contributed by atoms with van der Waals surface area (Å²) in [6.07, 6.45) is 1.94. The average molecular weight is 540 g/mol. The van der Waals surface area contributed by atoms with Crippen LogP contribution in [0.1, 0.15) is 34.3 Å². The Kier molecular flexibility index (Phi) is 10.7. The largest absolute Gasteiger partial charge is 0.354 e. The molecule has 0 bridgehead atoms. The smallest absolute Gasteiger partial charge is 0.252 e. The van der Waals surface area contributed by atoms with Crippen LogP contribution in [0.3, 0.4) is 0 Å². The minimum atomic E-state index is -0.654. The van der Waals surface area contributed by atoms with Crippen molar-refractivity contribution in [2.45, 2.75) is 31.8 Å². The first-order valence-corrected chi connectivity index (χ1v) is 13.7. The Hall–Kier alpha value is -3.93. The van der Waals surface area contributed by atoms with Crippen LogP contribution in [0.15, 0.2) is 109 Å². The fraction of sp³-hybridized carbons (Fsp3) is 0.212. The van der Waals surface area contributed by atoms with Gasteiger partial charge < -0.3 is 16.0 Å². The van der Waals surface area contributed by atoms with E-state index < -0.39 is 6.04 Å². The molecule has 4 rings (SSSR count). The molecular formula is C33H34ClN3O2. The number of rotatable bonds is 13. The van der Waals surface area contributed by atoms with Crippen molar-refractivity contribution in [2.24, 2.45) is 0 Å². The monoisotopic (exact) mass is 539 g/mol. The molecule has 6 heteroatoms. The zero-order chi connectivity index (χ0) is 27.3. The van der Waals surface area contributed by atoms with Gasteiger partial charge in [-0.15, -0.1) is 0 Å². The fourth-order valence-electron chi connectivity index (χ4n) is 4.45. The van der Waals surface area contributed by atoms with Crippen LogP contribution in [-0.4, -0.2) is 30.9 Å². The predicted octanol–water partition coefficient (Wildman–Crippen LogP) is 6.03. The maximum Gasteiger partial charge on any atom is 0.252 e. The summed E-state index contributed by atoms with van der Waals surface area (Å²) in [5.41, 5.74) is 4.51. The summed E-state index contributed by atoms with van der Waals surface area (Å²) < 4.78 is 0. The highest BCUT2D eigenvalue weighted by Gasteiger charge is 2.22. The SMILES string of the molecule is O=C(N[C@@H](CCCNCc1ccccc1Cl)C(=O)NCCc1ccccc1)c1ccccc1-c1ccccc1. The molecule has 0 fully saturated rings. The highest BCUT2D eigenvalue weighted by Crippen LogP contribution is 2.23. The zero-order valence-corrected chi connectivity index (χ0v) is 22.7. The van der Waals surface area contributed by atoms with Gasteiger partial charge in [0.25, 0.3) is 5.91 Å². The van der Waals surface area contributed by atoms with Gasteiger partial charge in [-0.3, -0.25) is 9.59 Å². The molecule has 3 N–H and O–H groups in total. The topological polar surface area (TPSA) is 70.2 Å². The zero-order valence-electron chi connectivity index (χ0n) is 21.9. The molecule has 39 heavy (non-hydrogen) atoms. The molecule has 4 aromatic rings. The second-order valence-corrected chi connectivity index (χ2v) is 9.78. The van der Waals surface area contributed by atoms with Gasteiger partial charge in [-0.05, 0) is 60.2 Å². The third kappa shape index (κ3) is 8.54. The Morgan fingerprint density at radius 1 is 0.744 bits per heavy atom. The van der Waals surface area contributed by atoms with Crippen molar-refractivity contribution in [3.63, 3.8) is 0 Å². The molecule has 0 aliphatic carbocycles. The number of hydrogen-bond acceptors (Lipinski definition) is 3.